The summed E-state index contributed by atoms with van der Waals surface area (Å²) in [5.41, 5.74) is 4.34. The number of aromatic nitrogens is 4. The van der Waals surface area contributed by atoms with E-state index in [9.17, 15) is 9.90 Å². The summed E-state index contributed by atoms with van der Waals surface area (Å²) in [6, 6.07) is 13.7. The number of anilines is 2. The zero-order chi connectivity index (χ0) is 25.8. The van der Waals surface area contributed by atoms with Crippen molar-refractivity contribution in [1.82, 2.24) is 25.3 Å². The zero-order valence-corrected chi connectivity index (χ0v) is 21.1. The quantitative estimate of drug-likeness (QED) is 0.323. The van der Waals surface area contributed by atoms with Crippen LogP contribution in [0.3, 0.4) is 0 Å². The third-order valence-electron chi connectivity index (χ3n) is 6.78. The van der Waals surface area contributed by atoms with Crippen LogP contribution in [0, 0.1) is 11.8 Å². The number of nitrogens with zero attached hydrogens (tertiary/aromatic N) is 5. The number of amides is 1. The van der Waals surface area contributed by atoms with Crippen LogP contribution in [0.15, 0.2) is 61.2 Å². The maximum atomic E-state index is 12.3. The third-order valence-corrected chi connectivity index (χ3v) is 6.78. The summed E-state index contributed by atoms with van der Waals surface area (Å²) >= 11 is 0. The van der Waals surface area contributed by atoms with Crippen LogP contribution >= 0.6 is 0 Å². The number of fused-ring (bicyclic) bond motifs is 1. The number of pyridine rings is 2. The number of para-hydroxylation sites is 1. The zero-order valence-electron chi connectivity index (χ0n) is 21.1. The van der Waals surface area contributed by atoms with Crippen molar-refractivity contribution in [2.75, 3.05) is 43.5 Å². The van der Waals surface area contributed by atoms with Gasteiger partial charge >= 0.3 is 0 Å². The summed E-state index contributed by atoms with van der Waals surface area (Å²) in [7, 11) is 1.64. The van der Waals surface area contributed by atoms with Gasteiger partial charge in [0.1, 0.15) is 18.0 Å². The van der Waals surface area contributed by atoms with Gasteiger partial charge in [-0.05, 0) is 36.1 Å². The molecule has 1 unspecified atom stereocenters. The van der Waals surface area contributed by atoms with E-state index in [4.69, 9.17) is 0 Å². The van der Waals surface area contributed by atoms with Crippen molar-refractivity contribution in [1.29, 1.82) is 0 Å². The molecule has 1 amide bonds. The van der Waals surface area contributed by atoms with Gasteiger partial charge in [0, 0.05) is 68.6 Å². The number of hydrogen-bond donors (Lipinski definition) is 3. The minimum Gasteiger partial charge on any atom is -0.396 e. The van der Waals surface area contributed by atoms with Gasteiger partial charge in [0.2, 0.25) is 0 Å². The molecule has 0 saturated carbocycles. The highest BCUT2D eigenvalue weighted by Crippen LogP contribution is 2.26. The van der Waals surface area contributed by atoms with Gasteiger partial charge in [-0.15, -0.1) is 0 Å². The lowest BCUT2D eigenvalue weighted by molar-refractivity contribution is 0.0964. The Kier molecular flexibility index (Phi) is 7.23. The van der Waals surface area contributed by atoms with E-state index >= 15 is 0 Å². The number of carbonyl (C=O) groups is 1. The van der Waals surface area contributed by atoms with E-state index < -0.39 is 0 Å². The van der Waals surface area contributed by atoms with Crippen LogP contribution in [0.2, 0.25) is 0 Å². The molecule has 37 heavy (non-hydrogen) atoms. The molecule has 1 aliphatic rings. The summed E-state index contributed by atoms with van der Waals surface area (Å²) in [5, 5.41) is 16.2. The predicted octanol–water partition coefficient (Wildman–Crippen LogP) is 3.17. The van der Waals surface area contributed by atoms with Crippen molar-refractivity contribution in [2.24, 2.45) is 11.8 Å². The monoisotopic (exact) mass is 497 g/mol. The van der Waals surface area contributed by atoms with Crippen LogP contribution in [-0.4, -0.2) is 64.2 Å². The first-order chi connectivity index (χ1) is 18.1. The minimum absolute atomic E-state index is 0.112. The highest BCUT2D eigenvalue weighted by molar-refractivity contribution is 6.06. The fraction of sp³-hybridized carbons (Fsp3) is 0.321. The van der Waals surface area contributed by atoms with Gasteiger partial charge in [-0.3, -0.25) is 9.78 Å². The summed E-state index contributed by atoms with van der Waals surface area (Å²) in [5.74, 6) is 2.21. The van der Waals surface area contributed by atoms with Gasteiger partial charge in [-0.2, -0.15) is 0 Å². The molecule has 4 heterocycles. The fourth-order valence-corrected chi connectivity index (χ4v) is 4.67. The molecule has 0 spiro atoms. The lowest BCUT2D eigenvalue weighted by Crippen LogP contribution is -2.48. The van der Waals surface area contributed by atoms with E-state index in [-0.39, 0.29) is 12.5 Å². The molecule has 0 bridgehead atoms. The maximum Gasteiger partial charge on any atom is 0.251 e. The molecule has 0 radical (unpaired) electrons. The molecule has 1 aliphatic heterocycles. The first kappa shape index (κ1) is 24.6. The fourth-order valence-electron chi connectivity index (χ4n) is 4.67. The number of benzene rings is 1. The number of aliphatic hydroxyl groups excluding tert-OH is 1. The third kappa shape index (κ3) is 5.36. The lowest BCUT2D eigenvalue weighted by Gasteiger charge is -2.39. The molecule has 9 heteroatoms. The first-order valence-electron chi connectivity index (χ1n) is 12.5. The number of aliphatic hydroxyl groups is 1. The maximum absolute atomic E-state index is 12.3. The molecule has 5 rings (SSSR count). The van der Waals surface area contributed by atoms with Crippen LogP contribution in [0.1, 0.15) is 22.8 Å². The van der Waals surface area contributed by atoms with Crippen molar-refractivity contribution < 1.29 is 9.90 Å². The first-order valence-corrected chi connectivity index (χ1v) is 12.5. The Morgan fingerprint density at radius 3 is 2.76 bits per heavy atom. The van der Waals surface area contributed by atoms with Gasteiger partial charge in [0.05, 0.1) is 16.8 Å². The van der Waals surface area contributed by atoms with E-state index in [1.165, 1.54) is 0 Å². The van der Waals surface area contributed by atoms with E-state index in [2.05, 4.69) is 48.5 Å². The molecule has 1 aromatic carbocycles. The molecule has 190 valence electrons. The second-order valence-corrected chi connectivity index (χ2v) is 9.59. The standard InChI is InChI=1S/C28H31N7O2/c1-18(10-20-4-3-5-22-23(28(37)29-2)8-9-30-27(20)22)12-31-25-11-24(33-17-34-25)21-6-7-26(32-13-21)35-14-19(15-35)16-36/h3-9,11,13,17-19,36H,10,12,14-16H2,1-2H3,(H,29,37)(H,31,33,34). The average molecular weight is 498 g/mol. The van der Waals surface area contributed by atoms with Crippen molar-refractivity contribution >= 4 is 28.4 Å². The highest BCUT2D eigenvalue weighted by Gasteiger charge is 2.26. The molecular formula is C28H31N7O2. The Bertz CT molecular complexity index is 1390. The van der Waals surface area contributed by atoms with Gasteiger partial charge in [0.15, 0.2) is 0 Å². The van der Waals surface area contributed by atoms with Crippen LogP contribution in [0.4, 0.5) is 11.6 Å². The summed E-state index contributed by atoms with van der Waals surface area (Å²) in [6.07, 6.45) is 5.90. The highest BCUT2D eigenvalue weighted by atomic mass is 16.3. The van der Waals surface area contributed by atoms with Gasteiger partial charge in [-0.25, -0.2) is 15.0 Å². The smallest absolute Gasteiger partial charge is 0.251 e. The van der Waals surface area contributed by atoms with Gasteiger partial charge in [-0.1, -0.05) is 25.1 Å². The van der Waals surface area contributed by atoms with Crippen LogP contribution in [0.25, 0.3) is 22.2 Å². The molecular weight excluding hydrogens is 466 g/mol. The molecule has 1 saturated heterocycles. The molecule has 3 N–H and O–H groups in total. The number of carbonyl (C=O) groups excluding carboxylic acids is 1. The Morgan fingerprint density at radius 2 is 2.00 bits per heavy atom. The number of rotatable bonds is 9. The van der Waals surface area contributed by atoms with Crippen molar-refractivity contribution in [2.45, 2.75) is 13.3 Å². The predicted molar refractivity (Wildman–Crippen MR) is 145 cm³/mol. The summed E-state index contributed by atoms with van der Waals surface area (Å²) in [6.45, 7) is 4.80. The summed E-state index contributed by atoms with van der Waals surface area (Å²) < 4.78 is 0. The SMILES string of the molecule is CNC(=O)c1ccnc2c(CC(C)CNc3cc(-c4ccc(N5CC(CO)C5)nc4)ncn3)cccc12. The van der Waals surface area contributed by atoms with E-state index in [0.717, 1.165) is 65.4 Å². The second-order valence-electron chi connectivity index (χ2n) is 9.59. The average Bonchev–Trinajstić information content (AvgIpc) is 2.91. The van der Waals surface area contributed by atoms with Gasteiger partial charge < -0.3 is 20.6 Å². The Morgan fingerprint density at radius 1 is 1.14 bits per heavy atom. The molecule has 1 fully saturated rings. The number of hydrogen-bond acceptors (Lipinski definition) is 8. The molecule has 4 aromatic rings. The van der Waals surface area contributed by atoms with Crippen molar-refractivity contribution in [3.63, 3.8) is 0 Å². The van der Waals surface area contributed by atoms with Gasteiger partial charge in [0.25, 0.3) is 5.91 Å². The van der Waals surface area contributed by atoms with E-state index in [1.807, 2.05) is 36.5 Å². The second kappa shape index (κ2) is 10.9. The number of nitrogens with one attached hydrogen (secondary N) is 2. The van der Waals surface area contributed by atoms with Crippen molar-refractivity contribution in [3.05, 3.63) is 72.3 Å². The van der Waals surface area contributed by atoms with Crippen molar-refractivity contribution in [3.8, 4) is 11.3 Å². The Hall–Kier alpha value is -4.11. The Labute approximate surface area is 216 Å². The molecule has 3 aromatic heterocycles. The largest absolute Gasteiger partial charge is 0.396 e. The van der Waals surface area contributed by atoms with Crippen LogP contribution in [-0.2, 0) is 6.42 Å². The molecule has 1 atom stereocenters. The molecule has 9 nitrogen and oxygen atoms in total. The topological polar surface area (TPSA) is 116 Å². The molecule has 0 aliphatic carbocycles. The van der Waals surface area contributed by atoms with E-state index in [1.54, 1.807) is 25.6 Å². The normalized spacial score (nSPS) is 14.3. The summed E-state index contributed by atoms with van der Waals surface area (Å²) in [4.78, 5) is 32.4. The van der Waals surface area contributed by atoms with Crippen LogP contribution in [0.5, 0.6) is 0 Å². The van der Waals surface area contributed by atoms with Crippen LogP contribution < -0.4 is 15.5 Å². The van der Waals surface area contributed by atoms with E-state index in [0.29, 0.717) is 17.4 Å². The Balaban J connectivity index is 1.23. The minimum atomic E-state index is -0.112. The lowest BCUT2D eigenvalue weighted by atomic mass is 9.97.